The smallest absolute Gasteiger partial charge is 0.343 e. The normalized spacial score (nSPS) is 13.7. The summed E-state index contributed by atoms with van der Waals surface area (Å²) in [5, 5.41) is 10.8. The highest BCUT2D eigenvalue weighted by atomic mass is 19.4. The van der Waals surface area contributed by atoms with E-state index in [0.29, 0.717) is 11.1 Å². The molecule has 1 unspecified atom stereocenters. The fourth-order valence-electron chi connectivity index (χ4n) is 2.99. The number of nitrogens with zero attached hydrogens (tertiary/aromatic N) is 5. The van der Waals surface area contributed by atoms with Crippen LogP contribution in [0.25, 0.3) is 5.65 Å². The molecule has 0 bridgehead atoms. The van der Waals surface area contributed by atoms with Gasteiger partial charge in [0.2, 0.25) is 0 Å². The van der Waals surface area contributed by atoms with Gasteiger partial charge in [0.1, 0.15) is 5.69 Å². The van der Waals surface area contributed by atoms with Crippen LogP contribution in [0.5, 0.6) is 0 Å². The van der Waals surface area contributed by atoms with E-state index < -0.39 is 29.2 Å². The number of rotatable bonds is 4. The van der Waals surface area contributed by atoms with E-state index in [0.717, 1.165) is 11.8 Å². The summed E-state index contributed by atoms with van der Waals surface area (Å²) >= 11 is 0. The average Bonchev–Trinajstić information content (AvgIpc) is 3.25. The molecule has 0 aliphatic rings. The Morgan fingerprint density at radius 3 is 2.52 bits per heavy atom. The van der Waals surface area contributed by atoms with Crippen molar-refractivity contribution in [2.45, 2.75) is 58.8 Å². The predicted molar refractivity (Wildman–Crippen MR) is 100 cm³/mol. The zero-order valence-electron chi connectivity index (χ0n) is 16.9. The van der Waals surface area contributed by atoms with Gasteiger partial charge in [-0.05, 0) is 26.0 Å². The first-order chi connectivity index (χ1) is 13.4. The topological polar surface area (TPSA) is 77.1 Å². The van der Waals surface area contributed by atoms with Crippen LogP contribution in [0.4, 0.5) is 13.2 Å². The number of hydrogen-bond acceptors (Lipinski definition) is 4. The molecule has 10 heteroatoms. The number of halogens is 3. The molecule has 3 aromatic rings. The van der Waals surface area contributed by atoms with E-state index in [2.05, 4.69) is 20.5 Å². The second kappa shape index (κ2) is 7.16. The average molecular weight is 408 g/mol. The lowest BCUT2D eigenvalue weighted by Crippen LogP contribution is -2.28. The fourth-order valence-corrected chi connectivity index (χ4v) is 2.99. The van der Waals surface area contributed by atoms with Crippen molar-refractivity contribution in [3.05, 3.63) is 47.2 Å². The molecule has 1 amide bonds. The van der Waals surface area contributed by atoms with Crippen LogP contribution >= 0.6 is 0 Å². The number of alkyl halides is 3. The number of fused-ring (bicyclic) bond motifs is 1. The van der Waals surface area contributed by atoms with Crippen LogP contribution in [0.2, 0.25) is 0 Å². The quantitative estimate of drug-likeness (QED) is 0.713. The summed E-state index contributed by atoms with van der Waals surface area (Å²) in [4.78, 5) is 16.9. The van der Waals surface area contributed by atoms with Gasteiger partial charge in [-0.2, -0.15) is 23.4 Å². The van der Waals surface area contributed by atoms with Gasteiger partial charge in [0.15, 0.2) is 11.3 Å². The van der Waals surface area contributed by atoms with Crippen LogP contribution in [0, 0.1) is 0 Å². The summed E-state index contributed by atoms with van der Waals surface area (Å²) in [6.07, 6.45) is -3.01. The van der Waals surface area contributed by atoms with Crippen molar-refractivity contribution >= 4 is 11.6 Å². The van der Waals surface area contributed by atoms with Crippen LogP contribution < -0.4 is 5.32 Å². The molecule has 0 spiro atoms. The maximum absolute atomic E-state index is 13.6. The van der Waals surface area contributed by atoms with E-state index in [1.807, 2.05) is 6.92 Å². The molecule has 1 atom stereocenters. The summed E-state index contributed by atoms with van der Waals surface area (Å²) < 4.78 is 43.1. The second-order valence-electron chi connectivity index (χ2n) is 7.84. The number of nitrogens with one attached hydrogen (secondary N) is 1. The number of carbonyl (C=O) groups is 1. The van der Waals surface area contributed by atoms with E-state index in [1.165, 1.54) is 6.07 Å². The molecular weight excluding hydrogens is 385 g/mol. The first-order valence-corrected chi connectivity index (χ1v) is 9.23. The second-order valence-corrected chi connectivity index (χ2v) is 7.84. The molecule has 156 valence electrons. The molecule has 29 heavy (non-hydrogen) atoms. The van der Waals surface area contributed by atoms with Gasteiger partial charge in [-0.1, -0.05) is 20.8 Å². The Kier molecular flexibility index (Phi) is 5.14. The fraction of sp³-hybridized carbons (Fsp3) is 0.474. The van der Waals surface area contributed by atoms with Crippen LogP contribution in [-0.2, 0) is 18.1 Å². The lowest BCUT2D eigenvalue weighted by Gasteiger charge is -2.19. The molecule has 0 fully saturated rings. The minimum atomic E-state index is -4.64. The Hall–Kier alpha value is -2.91. The molecule has 7 nitrogen and oxygen atoms in total. The molecule has 0 radical (unpaired) electrons. The van der Waals surface area contributed by atoms with Crippen LogP contribution in [0.15, 0.2) is 24.4 Å². The molecule has 3 rings (SSSR count). The largest absolute Gasteiger partial charge is 0.433 e. The molecule has 3 heterocycles. The van der Waals surface area contributed by atoms with Gasteiger partial charge in [0, 0.05) is 24.2 Å². The minimum Gasteiger partial charge on any atom is -0.343 e. The summed E-state index contributed by atoms with van der Waals surface area (Å²) in [6.45, 7) is 9.64. The molecule has 0 saturated carbocycles. The Balaban J connectivity index is 1.99. The maximum atomic E-state index is 13.6. The van der Waals surface area contributed by atoms with Crippen LogP contribution in [0.3, 0.4) is 0 Å². The predicted octanol–water partition coefficient (Wildman–Crippen LogP) is 3.75. The van der Waals surface area contributed by atoms with Gasteiger partial charge in [-0.15, -0.1) is 0 Å². The Labute approximate surface area is 165 Å². The maximum Gasteiger partial charge on any atom is 0.433 e. The Morgan fingerprint density at radius 2 is 1.93 bits per heavy atom. The van der Waals surface area contributed by atoms with Gasteiger partial charge in [-0.25, -0.2) is 9.50 Å². The van der Waals surface area contributed by atoms with Crippen LogP contribution in [-0.4, -0.2) is 30.3 Å². The summed E-state index contributed by atoms with van der Waals surface area (Å²) in [5.41, 5.74) is -0.673. The van der Waals surface area contributed by atoms with Crippen molar-refractivity contribution in [2.75, 3.05) is 0 Å². The Bertz CT molecular complexity index is 1040. The summed E-state index contributed by atoms with van der Waals surface area (Å²) in [5.74, 6) is -0.586. The monoisotopic (exact) mass is 408 g/mol. The summed E-state index contributed by atoms with van der Waals surface area (Å²) in [6, 6.07) is 3.63. The highest BCUT2D eigenvalue weighted by Crippen LogP contribution is 2.32. The molecule has 1 N–H and O–H groups in total. The van der Waals surface area contributed by atoms with E-state index in [1.54, 1.807) is 44.6 Å². The van der Waals surface area contributed by atoms with Gasteiger partial charge < -0.3 is 5.32 Å². The number of carbonyl (C=O) groups excluding carboxylic acids is 1. The van der Waals surface area contributed by atoms with Gasteiger partial charge in [0.25, 0.3) is 5.91 Å². The summed E-state index contributed by atoms with van der Waals surface area (Å²) in [7, 11) is 0. The van der Waals surface area contributed by atoms with Gasteiger partial charge >= 0.3 is 6.18 Å². The lowest BCUT2D eigenvalue weighted by atomic mass is 9.91. The minimum absolute atomic E-state index is 0.0267. The standard InChI is InChI=1S/C19H23F3N6O/c1-6-27-13(7-8-23-27)11(2)24-17(29)12-9-16-25-14(18(3,4)5)10-15(19(20,21)22)28(16)26-12/h7-11H,6H2,1-5H3,(H,24,29). The van der Waals surface area contributed by atoms with Crippen molar-refractivity contribution in [1.29, 1.82) is 0 Å². The number of amides is 1. The SMILES string of the molecule is CCn1nccc1C(C)NC(=O)c1cc2nc(C(C)(C)C)cc(C(F)(F)F)n2n1. The third-order valence-electron chi connectivity index (χ3n) is 4.56. The molecule has 0 aromatic carbocycles. The molecule has 3 aromatic heterocycles. The van der Waals surface area contributed by atoms with E-state index in [4.69, 9.17) is 0 Å². The van der Waals surface area contributed by atoms with Crippen LogP contribution in [0.1, 0.15) is 68.2 Å². The number of hydrogen-bond donors (Lipinski definition) is 1. The van der Waals surface area contributed by atoms with Crippen molar-refractivity contribution in [3.8, 4) is 0 Å². The van der Waals surface area contributed by atoms with E-state index in [9.17, 15) is 18.0 Å². The van der Waals surface area contributed by atoms with Gasteiger partial charge in [0.05, 0.1) is 17.4 Å². The zero-order chi connectivity index (χ0) is 21.6. The first-order valence-electron chi connectivity index (χ1n) is 9.23. The number of aromatic nitrogens is 5. The Morgan fingerprint density at radius 1 is 1.24 bits per heavy atom. The lowest BCUT2D eigenvalue weighted by molar-refractivity contribution is -0.142. The third kappa shape index (κ3) is 4.10. The first kappa shape index (κ1) is 20.8. The highest BCUT2D eigenvalue weighted by molar-refractivity contribution is 5.93. The third-order valence-corrected chi connectivity index (χ3v) is 4.56. The zero-order valence-corrected chi connectivity index (χ0v) is 16.9. The molecule has 0 aliphatic heterocycles. The molecule has 0 aliphatic carbocycles. The van der Waals surface area contributed by atoms with Crippen molar-refractivity contribution in [2.24, 2.45) is 0 Å². The van der Waals surface area contributed by atoms with Gasteiger partial charge in [-0.3, -0.25) is 9.48 Å². The highest BCUT2D eigenvalue weighted by Gasteiger charge is 2.36. The van der Waals surface area contributed by atoms with Crippen molar-refractivity contribution in [3.63, 3.8) is 0 Å². The van der Waals surface area contributed by atoms with Crippen molar-refractivity contribution < 1.29 is 18.0 Å². The van der Waals surface area contributed by atoms with E-state index >= 15 is 0 Å². The number of aryl methyl sites for hydroxylation is 1. The molecule has 0 saturated heterocycles. The van der Waals surface area contributed by atoms with E-state index in [-0.39, 0.29) is 17.0 Å². The molecular formula is C19H23F3N6O. The van der Waals surface area contributed by atoms with Crippen molar-refractivity contribution in [1.82, 2.24) is 29.7 Å².